The number of carbonyl (C=O) groups is 1. The highest BCUT2D eigenvalue weighted by Gasteiger charge is 2.16. The number of aryl methyl sites for hydroxylation is 2. The molecule has 0 radical (unpaired) electrons. The number of amides is 1. The van der Waals surface area contributed by atoms with Gasteiger partial charge in [0.25, 0.3) is 5.91 Å². The average Bonchev–Trinajstić information content (AvgIpc) is 2.24. The van der Waals surface area contributed by atoms with Crippen LogP contribution in [0.4, 0.5) is 5.69 Å². The largest absolute Gasteiger partial charge is 0.481 e. The third-order valence-corrected chi connectivity index (χ3v) is 2.67. The Hall–Kier alpha value is -1.71. The van der Waals surface area contributed by atoms with E-state index in [0.29, 0.717) is 11.4 Å². The Kier molecular flexibility index (Phi) is 4.59. The third-order valence-electron chi connectivity index (χ3n) is 2.67. The summed E-state index contributed by atoms with van der Waals surface area (Å²) in [5.41, 5.74) is 8.51. The van der Waals surface area contributed by atoms with Crippen LogP contribution in [0.2, 0.25) is 0 Å². The zero-order chi connectivity index (χ0) is 13.9. The Morgan fingerprint density at radius 3 is 2.39 bits per heavy atom. The van der Waals surface area contributed by atoms with Crippen molar-refractivity contribution < 1.29 is 9.53 Å². The van der Waals surface area contributed by atoms with Crippen LogP contribution in [-0.4, -0.2) is 18.1 Å². The molecule has 0 bridgehead atoms. The van der Waals surface area contributed by atoms with E-state index >= 15 is 0 Å². The maximum absolute atomic E-state index is 11.8. The molecule has 18 heavy (non-hydrogen) atoms. The van der Waals surface area contributed by atoms with E-state index in [1.54, 1.807) is 13.0 Å². The van der Waals surface area contributed by atoms with Gasteiger partial charge in [-0.15, -0.1) is 0 Å². The summed E-state index contributed by atoms with van der Waals surface area (Å²) < 4.78 is 5.65. The summed E-state index contributed by atoms with van der Waals surface area (Å²) in [7, 11) is 0. The smallest absolute Gasteiger partial charge is 0.260 e. The number of nitrogens with one attached hydrogen (secondary N) is 1. The Morgan fingerprint density at radius 1 is 1.22 bits per heavy atom. The Morgan fingerprint density at radius 2 is 1.83 bits per heavy atom. The molecule has 0 saturated carbocycles. The molecule has 0 aromatic heterocycles. The maximum Gasteiger partial charge on any atom is 0.260 e. The van der Waals surface area contributed by atoms with Gasteiger partial charge in [-0.05, 0) is 45.7 Å². The summed E-state index contributed by atoms with van der Waals surface area (Å²) in [5.74, 6) is 0.535. The molecule has 0 heterocycles. The number of benzene rings is 1. The van der Waals surface area contributed by atoms with Gasteiger partial charge in [0, 0.05) is 17.8 Å². The predicted molar refractivity (Wildman–Crippen MR) is 73.7 cm³/mol. The molecular weight excluding hydrogens is 228 g/mol. The minimum absolute atomic E-state index is 0.104. The lowest BCUT2D eigenvalue weighted by atomic mass is 10.1. The van der Waals surface area contributed by atoms with Gasteiger partial charge in [-0.25, -0.2) is 0 Å². The summed E-state index contributed by atoms with van der Waals surface area (Å²) in [5, 5.41) is 2.81. The van der Waals surface area contributed by atoms with Gasteiger partial charge in [0.15, 0.2) is 6.10 Å². The van der Waals surface area contributed by atoms with Gasteiger partial charge in [-0.2, -0.15) is 0 Å². The fourth-order valence-corrected chi connectivity index (χ4v) is 1.62. The number of hydrogen-bond donors (Lipinski definition) is 2. The molecule has 1 rings (SSSR count). The zero-order valence-electron chi connectivity index (χ0n) is 11.7. The van der Waals surface area contributed by atoms with Crippen LogP contribution in [0.5, 0.6) is 5.75 Å². The molecule has 1 atom stereocenters. The third kappa shape index (κ3) is 3.65. The molecule has 1 aromatic carbocycles. The van der Waals surface area contributed by atoms with Crippen molar-refractivity contribution in [3.63, 3.8) is 0 Å². The normalized spacial score (nSPS) is 12.3. The van der Waals surface area contributed by atoms with Gasteiger partial charge in [0.05, 0.1) is 0 Å². The van der Waals surface area contributed by atoms with Crippen molar-refractivity contribution in [1.82, 2.24) is 5.32 Å². The van der Waals surface area contributed by atoms with E-state index in [0.717, 1.165) is 11.1 Å². The molecule has 0 fully saturated rings. The summed E-state index contributed by atoms with van der Waals surface area (Å²) in [6.45, 7) is 9.45. The van der Waals surface area contributed by atoms with E-state index in [4.69, 9.17) is 10.5 Å². The first-order valence-electron chi connectivity index (χ1n) is 6.15. The minimum Gasteiger partial charge on any atom is -0.481 e. The lowest BCUT2D eigenvalue weighted by Crippen LogP contribution is -2.40. The SMILES string of the molecule is Cc1cc(C)c(OC(C)C(=O)NC(C)C)cc1N. The van der Waals surface area contributed by atoms with E-state index in [-0.39, 0.29) is 11.9 Å². The van der Waals surface area contributed by atoms with E-state index < -0.39 is 6.10 Å². The lowest BCUT2D eigenvalue weighted by Gasteiger charge is -2.18. The van der Waals surface area contributed by atoms with Gasteiger partial charge >= 0.3 is 0 Å². The molecule has 0 spiro atoms. The van der Waals surface area contributed by atoms with Gasteiger partial charge in [-0.3, -0.25) is 4.79 Å². The van der Waals surface area contributed by atoms with Crippen LogP contribution in [0.1, 0.15) is 31.9 Å². The quantitative estimate of drug-likeness (QED) is 0.805. The van der Waals surface area contributed by atoms with Gasteiger partial charge in [0.1, 0.15) is 5.75 Å². The fraction of sp³-hybridized carbons (Fsp3) is 0.500. The predicted octanol–water partition coefficient (Wildman–Crippen LogP) is 2.18. The van der Waals surface area contributed by atoms with Crippen LogP contribution in [0.25, 0.3) is 0 Å². The topological polar surface area (TPSA) is 64.3 Å². The van der Waals surface area contributed by atoms with Gasteiger partial charge < -0.3 is 15.8 Å². The molecule has 1 aromatic rings. The van der Waals surface area contributed by atoms with Crippen molar-refractivity contribution in [3.8, 4) is 5.75 Å². The van der Waals surface area contributed by atoms with Gasteiger partial charge in [0.2, 0.25) is 0 Å². The highest BCUT2D eigenvalue weighted by Crippen LogP contribution is 2.25. The second kappa shape index (κ2) is 5.76. The van der Waals surface area contributed by atoms with Crippen molar-refractivity contribution in [2.24, 2.45) is 0 Å². The number of carbonyl (C=O) groups excluding carboxylic acids is 1. The zero-order valence-corrected chi connectivity index (χ0v) is 11.7. The molecule has 3 N–H and O–H groups in total. The van der Waals surface area contributed by atoms with E-state index in [9.17, 15) is 4.79 Å². The summed E-state index contributed by atoms with van der Waals surface area (Å²) >= 11 is 0. The van der Waals surface area contributed by atoms with Crippen molar-refractivity contribution in [2.45, 2.75) is 46.8 Å². The average molecular weight is 250 g/mol. The van der Waals surface area contributed by atoms with Crippen molar-refractivity contribution >= 4 is 11.6 Å². The monoisotopic (exact) mass is 250 g/mol. The van der Waals surface area contributed by atoms with Crippen LogP contribution >= 0.6 is 0 Å². The second-order valence-corrected chi connectivity index (χ2v) is 4.90. The molecule has 0 aliphatic rings. The first kappa shape index (κ1) is 14.4. The standard InChI is InChI=1S/C14H22N2O2/c1-8(2)16-14(17)11(5)18-13-7-12(15)9(3)6-10(13)4/h6-8,11H,15H2,1-5H3,(H,16,17). The van der Waals surface area contributed by atoms with E-state index in [1.807, 2.05) is 33.8 Å². The van der Waals surface area contributed by atoms with Crippen LogP contribution in [0, 0.1) is 13.8 Å². The first-order valence-corrected chi connectivity index (χ1v) is 6.15. The molecule has 4 nitrogen and oxygen atoms in total. The first-order chi connectivity index (χ1) is 8.31. The molecule has 0 saturated heterocycles. The number of anilines is 1. The highest BCUT2D eigenvalue weighted by atomic mass is 16.5. The highest BCUT2D eigenvalue weighted by molar-refractivity contribution is 5.81. The number of rotatable bonds is 4. The molecule has 100 valence electrons. The van der Waals surface area contributed by atoms with Crippen LogP contribution < -0.4 is 15.8 Å². The number of nitrogen functional groups attached to an aromatic ring is 1. The fourth-order valence-electron chi connectivity index (χ4n) is 1.62. The summed E-state index contributed by atoms with van der Waals surface area (Å²) in [6.07, 6.45) is -0.534. The van der Waals surface area contributed by atoms with Crippen molar-refractivity contribution in [3.05, 3.63) is 23.3 Å². The Balaban J connectivity index is 2.79. The molecule has 1 amide bonds. The molecule has 0 aliphatic heterocycles. The van der Waals surface area contributed by atoms with Crippen molar-refractivity contribution in [2.75, 3.05) is 5.73 Å². The van der Waals surface area contributed by atoms with Gasteiger partial charge in [-0.1, -0.05) is 6.07 Å². The molecule has 1 unspecified atom stereocenters. The molecule has 4 heteroatoms. The minimum atomic E-state index is -0.534. The Labute approximate surface area is 109 Å². The molecule has 0 aliphatic carbocycles. The van der Waals surface area contributed by atoms with E-state index in [1.165, 1.54) is 0 Å². The van der Waals surface area contributed by atoms with Crippen LogP contribution in [-0.2, 0) is 4.79 Å². The van der Waals surface area contributed by atoms with E-state index in [2.05, 4.69) is 5.32 Å². The second-order valence-electron chi connectivity index (χ2n) is 4.90. The summed E-state index contributed by atoms with van der Waals surface area (Å²) in [4.78, 5) is 11.8. The summed E-state index contributed by atoms with van der Waals surface area (Å²) in [6, 6.07) is 3.83. The van der Waals surface area contributed by atoms with Crippen LogP contribution in [0.15, 0.2) is 12.1 Å². The number of hydrogen-bond acceptors (Lipinski definition) is 3. The number of ether oxygens (including phenoxy) is 1. The lowest BCUT2D eigenvalue weighted by molar-refractivity contribution is -0.127. The number of nitrogens with two attached hydrogens (primary N) is 1. The van der Waals surface area contributed by atoms with Crippen LogP contribution in [0.3, 0.4) is 0 Å². The maximum atomic E-state index is 11.8. The Bertz CT molecular complexity index is 442. The molecular formula is C14H22N2O2. The van der Waals surface area contributed by atoms with Crippen molar-refractivity contribution in [1.29, 1.82) is 0 Å².